The lowest BCUT2D eigenvalue weighted by Crippen LogP contribution is -2.39. The Kier molecular flexibility index (Phi) is 7.38. The van der Waals surface area contributed by atoms with Crippen LogP contribution in [0.4, 0.5) is 0 Å². The van der Waals surface area contributed by atoms with Crippen molar-refractivity contribution in [2.45, 2.75) is 13.0 Å². The van der Waals surface area contributed by atoms with Gasteiger partial charge in [0, 0.05) is 27.2 Å². The van der Waals surface area contributed by atoms with Crippen molar-refractivity contribution in [1.29, 1.82) is 0 Å². The summed E-state index contributed by atoms with van der Waals surface area (Å²) in [4.78, 5) is 6.40. The van der Waals surface area contributed by atoms with Gasteiger partial charge in [-0.15, -0.1) is 24.0 Å². The summed E-state index contributed by atoms with van der Waals surface area (Å²) in [5.74, 6) is 2.71. The first kappa shape index (κ1) is 20.2. The SMILES string of the molecule is CN=C(NCCc1ccc(O)cc1)N(C)Cc1ccc2c(c1)OCO2.I. The molecular formula is C19H24IN3O3. The molecule has 2 aromatic rings. The molecule has 0 fully saturated rings. The second kappa shape index (κ2) is 9.51. The molecule has 7 heteroatoms. The quantitative estimate of drug-likeness (QED) is 0.401. The Bertz CT molecular complexity index is 750. The number of nitrogens with zero attached hydrogens (tertiary/aromatic N) is 2. The molecule has 1 aliphatic rings. The van der Waals surface area contributed by atoms with E-state index in [1.165, 1.54) is 5.56 Å². The predicted molar refractivity (Wildman–Crippen MR) is 113 cm³/mol. The van der Waals surface area contributed by atoms with E-state index in [9.17, 15) is 5.11 Å². The molecule has 0 radical (unpaired) electrons. The maximum atomic E-state index is 9.32. The molecule has 0 saturated carbocycles. The van der Waals surface area contributed by atoms with Crippen molar-refractivity contribution in [3.05, 3.63) is 53.6 Å². The summed E-state index contributed by atoms with van der Waals surface area (Å²) in [7, 11) is 3.78. The van der Waals surface area contributed by atoms with Crippen LogP contribution < -0.4 is 14.8 Å². The molecule has 0 aliphatic carbocycles. The van der Waals surface area contributed by atoms with Crippen molar-refractivity contribution in [2.24, 2.45) is 4.99 Å². The summed E-state index contributed by atoms with van der Waals surface area (Å²) in [6.45, 7) is 1.77. The van der Waals surface area contributed by atoms with Gasteiger partial charge in [-0.2, -0.15) is 0 Å². The van der Waals surface area contributed by atoms with Gasteiger partial charge in [-0.25, -0.2) is 0 Å². The van der Waals surface area contributed by atoms with Gasteiger partial charge in [0.2, 0.25) is 6.79 Å². The van der Waals surface area contributed by atoms with Crippen molar-refractivity contribution in [1.82, 2.24) is 10.2 Å². The number of hydrogen-bond acceptors (Lipinski definition) is 4. The van der Waals surface area contributed by atoms with Crippen LogP contribution in [-0.2, 0) is 13.0 Å². The summed E-state index contributed by atoms with van der Waals surface area (Å²) in [5, 5.41) is 12.7. The first-order valence-electron chi connectivity index (χ1n) is 8.24. The number of hydrogen-bond donors (Lipinski definition) is 2. The Balaban J connectivity index is 0.00000243. The van der Waals surface area contributed by atoms with E-state index in [4.69, 9.17) is 9.47 Å². The number of phenols is 1. The minimum Gasteiger partial charge on any atom is -0.508 e. The highest BCUT2D eigenvalue weighted by molar-refractivity contribution is 14.0. The zero-order valence-electron chi connectivity index (χ0n) is 14.9. The van der Waals surface area contributed by atoms with Gasteiger partial charge in [-0.1, -0.05) is 18.2 Å². The Morgan fingerprint density at radius 3 is 2.54 bits per heavy atom. The van der Waals surface area contributed by atoms with Crippen LogP contribution in [0.2, 0.25) is 0 Å². The molecule has 2 N–H and O–H groups in total. The molecular weight excluding hydrogens is 445 g/mol. The molecule has 2 aromatic carbocycles. The van der Waals surface area contributed by atoms with E-state index < -0.39 is 0 Å². The molecule has 1 heterocycles. The molecule has 1 aliphatic heterocycles. The van der Waals surface area contributed by atoms with Gasteiger partial charge in [0.05, 0.1) is 0 Å². The number of aromatic hydroxyl groups is 1. The fraction of sp³-hybridized carbons (Fsp3) is 0.316. The summed E-state index contributed by atoms with van der Waals surface area (Å²) in [6, 6.07) is 13.2. The minimum atomic E-state index is 0. The average Bonchev–Trinajstić information content (AvgIpc) is 3.08. The van der Waals surface area contributed by atoms with Crippen molar-refractivity contribution >= 4 is 29.9 Å². The summed E-state index contributed by atoms with van der Waals surface area (Å²) in [5.41, 5.74) is 2.30. The number of halogens is 1. The summed E-state index contributed by atoms with van der Waals surface area (Å²) >= 11 is 0. The number of ether oxygens (including phenoxy) is 2. The fourth-order valence-corrected chi connectivity index (χ4v) is 2.75. The van der Waals surface area contributed by atoms with E-state index in [1.54, 1.807) is 19.2 Å². The molecule has 0 saturated heterocycles. The minimum absolute atomic E-state index is 0. The second-order valence-electron chi connectivity index (χ2n) is 5.93. The fourth-order valence-electron chi connectivity index (χ4n) is 2.75. The highest BCUT2D eigenvalue weighted by atomic mass is 127. The van der Waals surface area contributed by atoms with Crippen LogP contribution in [-0.4, -0.2) is 43.4 Å². The zero-order chi connectivity index (χ0) is 17.6. The average molecular weight is 469 g/mol. The van der Waals surface area contributed by atoms with Crippen LogP contribution in [0.1, 0.15) is 11.1 Å². The summed E-state index contributed by atoms with van der Waals surface area (Å²) in [6.07, 6.45) is 0.858. The standard InChI is InChI=1S/C19H23N3O3.HI/c1-20-19(21-10-9-14-3-6-16(23)7-4-14)22(2)12-15-5-8-17-18(11-15)25-13-24-17;/h3-8,11,23H,9-10,12-13H2,1-2H3,(H,20,21);1H. The highest BCUT2D eigenvalue weighted by Crippen LogP contribution is 2.32. The highest BCUT2D eigenvalue weighted by Gasteiger charge is 2.14. The lowest BCUT2D eigenvalue weighted by Gasteiger charge is -2.22. The Labute approximate surface area is 170 Å². The van der Waals surface area contributed by atoms with E-state index in [-0.39, 0.29) is 36.5 Å². The van der Waals surface area contributed by atoms with E-state index in [1.807, 2.05) is 37.4 Å². The first-order valence-corrected chi connectivity index (χ1v) is 8.24. The number of benzene rings is 2. The van der Waals surface area contributed by atoms with Crippen LogP contribution in [0.3, 0.4) is 0 Å². The van der Waals surface area contributed by atoms with Crippen molar-refractivity contribution < 1.29 is 14.6 Å². The topological polar surface area (TPSA) is 66.3 Å². The predicted octanol–water partition coefficient (Wildman–Crippen LogP) is 2.99. The van der Waals surface area contributed by atoms with Gasteiger partial charge >= 0.3 is 0 Å². The molecule has 0 aromatic heterocycles. The van der Waals surface area contributed by atoms with Crippen LogP contribution >= 0.6 is 24.0 Å². The zero-order valence-corrected chi connectivity index (χ0v) is 17.3. The largest absolute Gasteiger partial charge is 0.508 e. The van der Waals surface area contributed by atoms with E-state index in [2.05, 4.69) is 15.2 Å². The van der Waals surface area contributed by atoms with Gasteiger partial charge in [-0.05, 0) is 41.8 Å². The normalized spacial score (nSPS) is 12.5. The molecule has 0 spiro atoms. The third kappa shape index (κ3) is 5.17. The molecule has 0 unspecified atom stereocenters. The van der Waals surface area contributed by atoms with E-state index in [0.29, 0.717) is 0 Å². The van der Waals surface area contributed by atoms with Gasteiger partial charge in [-0.3, -0.25) is 4.99 Å². The molecule has 3 rings (SSSR count). The first-order chi connectivity index (χ1) is 12.2. The van der Waals surface area contributed by atoms with Gasteiger partial charge < -0.3 is 24.8 Å². The molecule has 26 heavy (non-hydrogen) atoms. The van der Waals surface area contributed by atoms with Gasteiger partial charge in [0.15, 0.2) is 17.5 Å². The lowest BCUT2D eigenvalue weighted by molar-refractivity contribution is 0.174. The molecule has 0 atom stereocenters. The number of aliphatic imine (C=N–C) groups is 1. The van der Waals surface area contributed by atoms with E-state index in [0.717, 1.165) is 42.5 Å². The third-order valence-corrected chi connectivity index (χ3v) is 4.06. The number of rotatable bonds is 5. The van der Waals surface area contributed by atoms with Crippen molar-refractivity contribution in [2.75, 3.05) is 27.4 Å². The molecule has 0 amide bonds. The maximum absolute atomic E-state index is 9.32. The monoisotopic (exact) mass is 469 g/mol. The number of fused-ring (bicyclic) bond motifs is 1. The smallest absolute Gasteiger partial charge is 0.231 e. The van der Waals surface area contributed by atoms with Crippen molar-refractivity contribution in [3.8, 4) is 17.2 Å². The van der Waals surface area contributed by atoms with Gasteiger partial charge in [0.1, 0.15) is 5.75 Å². The number of phenolic OH excluding ortho intramolecular Hbond substituents is 1. The number of guanidine groups is 1. The van der Waals surface area contributed by atoms with Crippen LogP contribution in [0, 0.1) is 0 Å². The maximum Gasteiger partial charge on any atom is 0.231 e. The molecule has 0 bridgehead atoms. The van der Waals surface area contributed by atoms with Gasteiger partial charge in [0.25, 0.3) is 0 Å². The second-order valence-corrected chi connectivity index (χ2v) is 5.93. The Morgan fingerprint density at radius 2 is 1.81 bits per heavy atom. The Hall–Kier alpha value is -2.16. The third-order valence-electron chi connectivity index (χ3n) is 4.06. The van der Waals surface area contributed by atoms with Crippen molar-refractivity contribution in [3.63, 3.8) is 0 Å². The van der Waals surface area contributed by atoms with Crippen LogP contribution in [0.15, 0.2) is 47.5 Å². The molecule has 140 valence electrons. The van der Waals surface area contributed by atoms with Crippen LogP contribution in [0.25, 0.3) is 0 Å². The Morgan fingerprint density at radius 1 is 1.12 bits per heavy atom. The molecule has 6 nitrogen and oxygen atoms in total. The van der Waals surface area contributed by atoms with E-state index >= 15 is 0 Å². The summed E-state index contributed by atoms with van der Waals surface area (Å²) < 4.78 is 10.8. The number of nitrogens with one attached hydrogen (secondary N) is 1. The lowest BCUT2D eigenvalue weighted by atomic mass is 10.1. The van der Waals surface area contributed by atoms with Crippen LogP contribution in [0.5, 0.6) is 17.2 Å².